The molecule has 1 saturated heterocycles. The zero-order valence-electron chi connectivity index (χ0n) is 7.20. The van der Waals surface area contributed by atoms with Gasteiger partial charge in [0.05, 0.1) is 6.10 Å². The molecule has 2 rings (SSSR count). The molecule has 70 valence electrons. The molecule has 0 saturated carbocycles. The summed E-state index contributed by atoms with van der Waals surface area (Å²) in [7, 11) is 0. The minimum absolute atomic E-state index is 0.193. The summed E-state index contributed by atoms with van der Waals surface area (Å²) < 4.78 is 0. The van der Waals surface area contributed by atoms with Crippen molar-refractivity contribution in [3.63, 3.8) is 0 Å². The Balaban J connectivity index is 2.24. The van der Waals surface area contributed by atoms with E-state index in [4.69, 9.17) is 11.6 Å². The molecule has 13 heavy (non-hydrogen) atoms. The lowest BCUT2D eigenvalue weighted by atomic mass is 9.96. The molecule has 2 unspecified atom stereocenters. The molecule has 1 aliphatic rings. The number of nitrogens with one attached hydrogen (secondary N) is 1. The Hall–Kier alpha value is -0.570. The third-order valence-electron chi connectivity index (χ3n) is 2.46. The van der Waals surface area contributed by atoms with Crippen molar-refractivity contribution in [3.05, 3.63) is 34.9 Å². The van der Waals surface area contributed by atoms with E-state index in [1.807, 2.05) is 24.3 Å². The molecule has 1 aromatic carbocycles. The first-order valence-corrected chi connectivity index (χ1v) is 4.79. The summed E-state index contributed by atoms with van der Waals surface area (Å²) in [5.41, 5.74) is 1.12. The Bertz CT molecular complexity index is 303. The molecule has 0 radical (unpaired) electrons. The first kappa shape index (κ1) is 9.00. The fraction of sp³-hybridized carbons (Fsp3) is 0.400. The van der Waals surface area contributed by atoms with Crippen LogP contribution in [0.15, 0.2) is 24.3 Å². The van der Waals surface area contributed by atoms with Gasteiger partial charge in [0.1, 0.15) is 0 Å². The van der Waals surface area contributed by atoms with Crippen molar-refractivity contribution in [1.29, 1.82) is 0 Å². The summed E-state index contributed by atoms with van der Waals surface area (Å²) in [6, 6.07) is 7.69. The van der Waals surface area contributed by atoms with Gasteiger partial charge >= 0.3 is 0 Å². The van der Waals surface area contributed by atoms with Gasteiger partial charge in [0, 0.05) is 24.0 Å². The Morgan fingerprint density at radius 2 is 2.23 bits per heavy atom. The van der Waals surface area contributed by atoms with Gasteiger partial charge < -0.3 is 10.4 Å². The summed E-state index contributed by atoms with van der Waals surface area (Å²) in [6.07, 6.45) is -0.279. The Kier molecular flexibility index (Phi) is 2.54. The lowest BCUT2D eigenvalue weighted by Gasteiger charge is -2.13. The van der Waals surface area contributed by atoms with Crippen molar-refractivity contribution in [2.24, 2.45) is 0 Å². The van der Waals surface area contributed by atoms with Gasteiger partial charge in [-0.1, -0.05) is 23.7 Å². The number of hydrogen-bond acceptors (Lipinski definition) is 2. The second kappa shape index (κ2) is 3.66. The van der Waals surface area contributed by atoms with E-state index in [1.165, 1.54) is 0 Å². The number of β-amino-alcohol motifs (C(OH)–C–C–N with tert-alkyl or cyclic N) is 1. The second-order valence-electron chi connectivity index (χ2n) is 3.39. The van der Waals surface area contributed by atoms with Crippen molar-refractivity contribution >= 4 is 11.6 Å². The minimum atomic E-state index is -0.279. The SMILES string of the molecule is OC1CNCC1c1cccc(Cl)c1. The molecule has 2 N–H and O–H groups in total. The maximum absolute atomic E-state index is 9.63. The van der Waals surface area contributed by atoms with E-state index >= 15 is 0 Å². The molecule has 1 heterocycles. The van der Waals surface area contributed by atoms with Crippen LogP contribution in [0.3, 0.4) is 0 Å². The van der Waals surface area contributed by atoms with Crippen LogP contribution in [0.5, 0.6) is 0 Å². The van der Waals surface area contributed by atoms with Crippen molar-refractivity contribution in [3.8, 4) is 0 Å². The molecular formula is C10H12ClNO. The van der Waals surface area contributed by atoms with Gasteiger partial charge in [0.15, 0.2) is 0 Å². The Morgan fingerprint density at radius 3 is 2.85 bits per heavy atom. The molecule has 3 heteroatoms. The molecule has 1 aliphatic heterocycles. The number of aliphatic hydroxyl groups excluding tert-OH is 1. The molecule has 1 fully saturated rings. The highest BCUT2D eigenvalue weighted by molar-refractivity contribution is 6.30. The van der Waals surface area contributed by atoms with E-state index < -0.39 is 0 Å². The van der Waals surface area contributed by atoms with E-state index in [-0.39, 0.29) is 12.0 Å². The maximum Gasteiger partial charge on any atom is 0.0745 e. The highest BCUT2D eigenvalue weighted by atomic mass is 35.5. The highest BCUT2D eigenvalue weighted by Crippen LogP contribution is 2.24. The summed E-state index contributed by atoms with van der Waals surface area (Å²) in [5, 5.41) is 13.5. The summed E-state index contributed by atoms with van der Waals surface area (Å²) in [5.74, 6) is 0.193. The van der Waals surface area contributed by atoms with Gasteiger partial charge in [-0.05, 0) is 17.7 Å². The van der Waals surface area contributed by atoms with Gasteiger partial charge in [-0.3, -0.25) is 0 Å². The molecular weight excluding hydrogens is 186 g/mol. The standard InChI is InChI=1S/C10H12ClNO/c11-8-3-1-2-7(4-8)9-5-12-6-10(9)13/h1-4,9-10,12-13H,5-6H2. The first-order chi connectivity index (χ1) is 6.27. The Labute approximate surface area is 82.5 Å². The zero-order chi connectivity index (χ0) is 9.26. The summed E-state index contributed by atoms with van der Waals surface area (Å²) in [4.78, 5) is 0. The second-order valence-corrected chi connectivity index (χ2v) is 3.82. The predicted octanol–water partition coefficient (Wildman–Crippen LogP) is 1.39. The van der Waals surface area contributed by atoms with Gasteiger partial charge in [0.25, 0.3) is 0 Å². The van der Waals surface area contributed by atoms with E-state index in [1.54, 1.807) is 0 Å². The fourth-order valence-corrected chi connectivity index (χ4v) is 1.94. The zero-order valence-corrected chi connectivity index (χ0v) is 7.96. The van der Waals surface area contributed by atoms with Crippen LogP contribution in [0, 0.1) is 0 Å². The van der Waals surface area contributed by atoms with Crippen molar-refractivity contribution in [1.82, 2.24) is 5.32 Å². The van der Waals surface area contributed by atoms with Crippen LogP contribution in [0.1, 0.15) is 11.5 Å². The average molecular weight is 198 g/mol. The van der Waals surface area contributed by atoms with Gasteiger partial charge in [0.2, 0.25) is 0 Å². The van der Waals surface area contributed by atoms with Crippen LogP contribution >= 0.6 is 11.6 Å². The lowest BCUT2D eigenvalue weighted by Crippen LogP contribution is -2.15. The summed E-state index contributed by atoms with van der Waals surface area (Å²) in [6.45, 7) is 1.51. The quantitative estimate of drug-likeness (QED) is 0.713. The number of rotatable bonds is 1. The van der Waals surface area contributed by atoms with Crippen LogP contribution in [0.25, 0.3) is 0 Å². The molecule has 0 spiro atoms. The molecule has 1 aromatic rings. The molecule has 0 aliphatic carbocycles. The first-order valence-electron chi connectivity index (χ1n) is 4.41. The van der Waals surface area contributed by atoms with Gasteiger partial charge in [-0.25, -0.2) is 0 Å². The van der Waals surface area contributed by atoms with E-state index in [0.717, 1.165) is 17.1 Å². The number of benzene rings is 1. The lowest BCUT2D eigenvalue weighted by molar-refractivity contribution is 0.178. The monoisotopic (exact) mass is 197 g/mol. The third-order valence-corrected chi connectivity index (χ3v) is 2.69. The third kappa shape index (κ3) is 1.85. The van der Waals surface area contributed by atoms with Gasteiger partial charge in [-0.2, -0.15) is 0 Å². The van der Waals surface area contributed by atoms with Crippen molar-refractivity contribution in [2.45, 2.75) is 12.0 Å². The molecule has 2 nitrogen and oxygen atoms in total. The smallest absolute Gasteiger partial charge is 0.0745 e. The number of halogens is 1. The van der Waals surface area contributed by atoms with E-state index in [0.29, 0.717) is 6.54 Å². The molecule has 0 amide bonds. The normalized spacial score (nSPS) is 27.8. The Morgan fingerprint density at radius 1 is 1.38 bits per heavy atom. The van der Waals surface area contributed by atoms with Crippen LogP contribution in [-0.4, -0.2) is 24.3 Å². The van der Waals surface area contributed by atoms with Crippen molar-refractivity contribution < 1.29 is 5.11 Å². The van der Waals surface area contributed by atoms with Crippen molar-refractivity contribution in [2.75, 3.05) is 13.1 Å². The summed E-state index contributed by atoms with van der Waals surface area (Å²) >= 11 is 5.87. The fourth-order valence-electron chi connectivity index (χ4n) is 1.74. The largest absolute Gasteiger partial charge is 0.391 e. The predicted molar refractivity (Wildman–Crippen MR) is 53.1 cm³/mol. The van der Waals surface area contributed by atoms with Crippen LogP contribution in [-0.2, 0) is 0 Å². The molecule has 0 bridgehead atoms. The number of hydrogen-bond donors (Lipinski definition) is 2. The van der Waals surface area contributed by atoms with E-state index in [2.05, 4.69) is 5.32 Å². The van der Waals surface area contributed by atoms with Crippen LogP contribution in [0.4, 0.5) is 0 Å². The molecule has 0 aromatic heterocycles. The van der Waals surface area contributed by atoms with E-state index in [9.17, 15) is 5.11 Å². The number of aliphatic hydroxyl groups is 1. The average Bonchev–Trinajstić information content (AvgIpc) is 2.51. The van der Waals surface area contributed by atoms with Crippen LogP contribution < -0.4 is 5.32 Å². The minimum Gasteiger partial charge on any atom is -0.391 e. The van der Waals surface area contributed by atoms with Crippen LogP contribution in [0.2, 0.25) is 5.02 Å². The maximum atomic E-state index is 9.63. The van der Waals surface area contributed by atoms with Gasteiger partial charge in [-0.15, -0.1) is 0 Å². The topological polar surface area (TPSA) is 32.3 Å². The molecule has 2 atom stereocenters. The highest BCUT2D eigenvalue weighted by Gasteiger charge is 2.26.